The third kappa shape index (κ3) is 5.58. The highest BCUT2D eigenvalue weighted by Crippen LogP contribution is 2.23. The summed E-state index contributed by atoms with van der Waals surface area (Å²) in [6.07, 6.45) is 1.74. The highest BCUT2D eigenvalue weighted by atomic mass is 35.5. The first kappa shape index (κ1) is 18.4. The number of rotatable bonds is 9. The molecule has 0 saturated carbocycles. The first-order chi connectivity index (χ1) is 9.92. The largest absolute Gasteiger partial charge is 0.300 e. The van der Waals surface area contributed by atoms with Gasteiger partial charge in [-0.2, -0.15) is 0 Å². The summed E-state index contributed by atoms with van der Waals surface area (Å²) < 4.78 is 27.3. The zero-order valence-electron chi connectivity index (χ0n) is 11.9. The monoisotopic (exact) mass is 351 g/mol. The minimum absolute atomic E-state index is 0.102. The number of carbonyl (C=O) groups is 1. The van der Waals surface area contributed by atoms with E-state index in [1.807, 2.05) is 0 Å². The minimum atomic E-state index is -3.65. The Bertz CT molecular complexity index is 566. The van der Waals surface area contributed by atoms with E-state index in [0.29, 0.717) is 30.4 Å². The van der Waals surface area contributed by atoms with Crippen molar-refractivity contribution in [3.05, 3.63) is 29.3 Å². The van der Waals surface area contributed by atoms with Crippen molar-refractivity contribution in [2.45, 2.75) is 42.8 Å². The van der Waals surface area contributed by atoms with Gasteiger partial charge in [-0.05, 0) is 30.9 Å². The van der Waals surface area contributed by atoms with Crippen LogP contribution >= 0.6 is 23.2 Å². The summed E-state index contributed by atoms with van der Waals surface area (Å²) in [7, 11) is -3.65. The predicted octanol–water partition coefficient (Wildman–Crippen LogP) is 3.20. The molecule has 0 radical (unpaired) electrons. The van der Waals surface area contributed by atoms with E-state index in [1.165, 1.54) is 6.92 Å². The molecule has 21 heavy (non-hydrogen) atoms. The molecule has 1 N–H and O–H groups in total. The molecule has 0 spiro atoms. The third-order valence-corrected chi connectivity index (χ3v) is 5.20. The van der Waals surface area contributed by atoms with E-state index in [2.05, 4.69) is 4.72 Å². The molecule has 0 amide bonds. The predicted molar refractivity (Wildman–Crippen MR) is 85.3 cm³/mol. The van der Waals surface area contributed by atoms with Crippen LogP contribution in [0.15, 0.2) is 23.1 Å². The molecule has 0 heterocycles. The molecule has 1 aromatic rings. The average Bonchev–Trinajstić information content (AvgIpc) is 2.45. The Morgan fingerprint density at radius 3 is 2.19 bits per heavy atom. The Balaban J connectivity index is 2.81. The standard InChI is InChI=1S/C14H19Cl2NO3S/c1-11(18)5-2-3-8-17-21(19,20)14-12(9-15)6-4-7-13(14)10-16/h4,6-7,17H,2-3,5,8-10H2,1H3. The Hall–Kier alpha value is -0.620. The topological polar surface area (TPSA) is 63.2 Å². The maximum atomic E-state index is 12.4. The Kier molecular flexibility index (Phi) is 7.66. The van der Waals surface area contributed by atoms with Gasteiger partial charge in [0, 0.05) is 24.7 Å². The number of hydrogen-bond acceptors (Lipinski definition) is 3. The van der Waals surface area contributed by atoms with Crippen LogP contribution in [0.4, 0.5) is 0 Å². The number of sulfonamides is 1. The molecule has 0 fully saturated rings. The lowest BCUT2D eigenvalue weighted by Crippen LogP contribution is -2.26. The van der Waals surface area contributed by atoms with E-state index in [4.69, 9.17) is 23.2 Å². The molecule has 0 unspecified atom stereocenters. The van der Waals surface area contributed by atoms with Gasteiger partial charge in [-0.3, -0.25) is 0 Å². The number of hydrogen-bond donors (Lipinski definition) is 1. The molecule has 0 saturated heterocycles. The molecule has 118 valence electrons. The highest BCUT2D eigenvalue weighted by Gasteiger charge is 2.21. The van der Waals surface area contributed by atoms with E-state index in [1.54, 1.807) is 18.2 Å². The van der Waals surface area contributed by atoms with Crippen LogP contribution in [-0.4, -0.2) is 20.7 Å². The molecule has 0 aliphatic heterocycles. The van der Waals surface area contributed by atoms with Crippen molar-refractivity contribution in [2.24, 2.45) is 0 Å². The molecule has 7 heteroatoms. The van der Waals surface area contributed by atoms with Crippen molar-refractivity contribution in [3.8, 4) is 0 Å². The molecular formula is C14H19Cl2NO3S. The fourth-order valence-electron chi connectivity index (χ4n) is 1.97. The highest BCUT2D eigenvalue weighted by molar-refractivity contribution is 7.89. The summed E-state index contributed by atoms with van der Waals surface area (Å²) in [5, 5.41) is 0. The van der Waals surface area contributed by atoms with Gasteiger partial charge in [0.2, 0.25) is 10.0 Å². The lowest BCUT2D eigenvalue weighted by atomic mass is 10.1. The molecule has 1 aromatic carbocycles. The van der Waals surface area contributed by atoms with Gasteiger partial charge in [-0.25, -0.2) is 13.1 Å². The van der Waals surface area contributed by atoms with E-state index in [0.717, 1.165) is 0 Å². The smallest absolute Gasteiger partial charge is 0.241 e. The van der Waals surface area contributed by atoms with Crippen LogP contribution in [0, 0.1) is 0 Å². The fraction of sp³-hybridized carbons (Fsp3) is 0.500. The van der Waals surface area contributed by atoms with Crippen LogP contribution in [0.1, 0.15) is 37.3 Å². The van der Waals surface area contributed by atoms with Crippen molar-refractivity contribution >= 4 is 39.0 Å². The minimum Gasteiger partial charge on any atom is -0.300 e. The van der Waals surface area contributed by atoms with Gasteiger partial charge in [0.15, 0.2) is 0 Å². The maximum absolute atomic E-state index is 12.4. The van der Waals surface area contributed by atoms with Crippen molar-refractivity contribution in [1.82, 2.24) is 4.72 Å². The van der Waals surface area contributed by atoms with Gasteiger partial charge in [-0.15, -0.1) is 23.2 Å². The molecular weight excluding hydrogens is 333 g/mol. The summed E-state index contributed by atoms with van der Waals surface area (Å²) in [5.74, 6) is 0.311. The quantitative estimate of drug-likeness (QED) is 0.548. The van der Waals surface area contributed by atoms with Crippen molar-refractivity contribution in [2.75, 3.05) is 6.54 Å². The summed E-state index contributed by atoms with van der Waals surface area (Å²) >= 11 is 11.6. The number of benzene rings is 1. The van der Waals surface area contributed by atoms with Crippen molar-refractivity contribution < 1.29 is 13.2 Å². The summed E-state index contributed by atoms with van der Waals surface area (Å²) in [6, 6.07) is 5.09. The van der Waals surface area contributed by atoms with Gasteiger partial charge in [0.25, 0.3) is 0 Å². The van der Waals surface area contributed by atoms with Crippen molar-refractivity contribution in [1.29, 1.82) is 0 Å². The number of ketones is 1. The molecule has 0 aromatic heterocycles. The number of unbranched alkanes of at least 4 members (excludes halogenated alkanes) is 1. The normalized spacial score (nSPS) is 11.6. The van der Waals surface area contributed by atoms with Crippen LogP contribution < -0.4 is 4.72 Å². The van der Waals surface area contributed by atoms with Crippen LogP contribution in [-0.2, 0) is 26.6 Å². The van der Waals surface area contributed by atoms with Crippen LogP contribution in [0.3, 0.4) is 0 Å². The first-order valence-electron chi connectivity index (χ1n) is 6.64. The number of carbonyl (C=O) groups excluding carboxylic acids is 1. The third-order valence-electron chi connectivity index (χ3n) is 2.98. The first-order valence-corrected chi connectivity index (χ1v) is 9.19. The zero-order chi connectivity index (χ0) is 15.9. The van der Waals surface area contributed by atoms with Gasteiger partial charge in [0.05, 0.1) is 4.90 Å². The molecule has 0 aliphatic carbocycles. The van der Waals surface area contributed by atoms with E-state index >= 15 is 0 Å². The van der Waals surface area contributed by atoms with Gasteiger partial charge < -0.3 is 4.79 Å². The second kappa shape index (κ2) is 8.73. The Labute approximate surface area is 135 Å². The number of Topliss-reactive ketones (excluding diaryl/α,β-unsaturated/α-hetero) is 1. The Morgan fingerprint density at radius 2 is 1.71 bits per heavy atom. The summed E-state index contributed by atoms with van der Waals surface area (Å²) in [5.41, 5.74) is 1.07. The van der Waals surface area contributed by atoms with E-state index in [-0.39, 0.29) is 29.0 Å². The number of alkyl halides is 2. The molecule has 0 atom stereocenters. The van der Waals surface area contributed by atoms with Gasteiger partial charge in [-0.1, -0.05) is 18.2 Å². The fourth-order valence-corrected chi connectivity index (χ4v) is 4.10. The van der Waals surface area contributed by atoms with Gasteiger partial charge in [0.1, 0.15) is 5.78 Å². The lowest BCUT2D eigenvalue weighted by molar-refractivity contribution is -0.117. The van der Waals surface area contributed by atoms with Crippen LogP contribution in [0.25, 0.3) is 0 Å². The summed E-state index contributed by atoms with van der Waals surface area (Å²) in [4.78, 5) is 11.0. The summed E-state index contributed by atoms with van der Waals surface area (Å²) in [6.45, 7) is 1.81. The second-order valence-corrected chi connectivity index (χ2v) is 6.97. The molecule has 0 aliphatic rings. The van der Waals surface area contributed by atoms with E-state index in [9.17, 15) is 13.2 Å². The van der Waals surface area contributed by atoms with E-state index < -0.39 is 10.0 Å². The molecule has 1 rings (SSSR count). The molecule has 0 bridgehead atoms. The zero-order valence-corrected chi connectivity index (χ0v) is 14.2. The number of nitrogens with one attached hydrogen (secondary N) is 1. The second-order valence-electron chi connectivity index (χ2n) is 4.73. The maximum Gasteiger partial charge on any atom is 0.241 e. The van der Waals surface area contributed by atoms with Crippen molar-refractivity contribution in [3.63, 3.8) is 0 Å². The SMILES string of the molecule is CC(=O)CCCCNS(=O)(=O)c1c(CCl)cccc1CCl. The van der Waals surface area contributed by atoms with Crippen LogP contribution in [0.2, 0.25) is 0 Å². The number of halogens is 2. The molecule has 4 nitrogen and oxygen atoms in total. The average molecular weight is 352 g/mol. The van der Waals surface area contributed by atoms with Gasteiger partial charge >= 0.3 is 0 Å². The van der Waals surface area contributed by atoms with Crippen LogP contribution in [0.5, 0.6) is 0 Å². The lowest BCUT2D eigenvalue weighted by Gasteiger charge is -2.13. The Morgan fingerprint density at radius 1 is 1.14 bits per heavy atom.